The molecule has 0 aromatic carbocycles. The number of nitrogens with one attached hydrogen (secondary N) is 1. The number of aliphatic hydroxyl groups is 2. The molecule has 0 aliphatic heterocycles. The summed E-state index contributed by atoms with van der Waals surface area (Å²) in [7, 11) is 0. The Bertz CT molecular complexity index is 395. The molecule has 1 heterocycles. The fourth-order valence-electron chi connectivity index (χ4n) is 1.23. The van der Waals surface area contributed by atoms with E-state index in [0.29, 0.717) is 28.8 Å². The molecule has 1 aromatic rings. The van der Waals surface area contributed by atoms with Gasteiger partial charge in [-0.05, 0) is 13.8 Å². The molecule has 0 aliphatic carbocycles. The van der Waals surface area contributed by atoms with Crippen LogP contribution in [-0.2, 0) is 6.42 Å². The maximum absolute atomic E-state index is 9.23. The fraction of sp³-hybridized carbons (Fsp3) is 0.636. The maximum atomic E-state index is 9.23. The number of halogens is 1. The van der Waals surface area contributed by atoms with Gasteiger partial charge < -0.3 is 15.5 Å². The number of hydrogen-bond acceptors (Lipinski definition) is 5. The number of aliphatic hydroxyl groups excluding tert-OH is 2. The molecule has 0 aliphatic rings. The van der Waals surface area contributed by atoms with Gasteiger partial charge in [-0.2, -0.15) is 0 Å². The van der Waals surface area contributed by atoms with Crippen molar-refractivity contribution in [2.24, 2.45) is 0 Å². The van der Waals surface area contributed by atoms with Gasteiger partial charge in [-0.15, -0.1) is 0 Å². The van der Waals surface area contributed by atoms with E-state index < -0.39 is 5.54 Å². The first-order chi connectivity index (χ1) is 7.95. The van der Waals surface area contributed by atoms with Gasteiger partial charge >= 0.3 is 0 Å². The van der Waals surface area contributed by atoms with Crippen molar-refractivity contribution in [1.29, 1.82) is 0 Å². The molecule has 0 unspecified atom stereocenters. The van der Waals surface area contributed by atoms with Crippen LogP contribution in [0.5, 0.6) is 0 Å². The highest BCUT2D eigenvalue weighted by atomic mass is 35.5. The number of aromatic nitrogens is 2. The first-order valence-corrected chi connectivity index (χ1v) is 5.86. The largest absolute Gasteiger partial charge is 0.394 e. The van der Waals surface area contributed by atoms with E-state index in [1.165, 1.54) is 0 Å². The van der Waals surface area contributed by atoms with E-state index in [1.807, 2.05) is 6.92 Å². The van der Waals surface area contributed by atoms with Crippen LogP contribution in [0.4, 0.5) is 5.82 Å². The summed E-state index contributed by atoms with van der Waals surface area (Å²) in [5, 5.41) is 21.9. The van der Waals surface area contributed by atoms with Gasteiger partial charge in [-0.25, -0.2) is 9.97 Å². The summed E-state index contributed by atoms with van der Waals surface area (Å²) in [5.41, 5.74) is -0.120. The number of anilines is 1. The summed E-state index contributed by atoms with van der Waals surface area (Å²) in [6.45, 7) is 5.02. The quantitative estimate of drug-likeness (QED) is 0.692. The number of rotatable bonds is 5. The van der Waals surface area contributed by atoms with Crippen molar-refractivity contribution >= 4 is 17.4 Å². The lowest BCUT2D eigenvalue weighted by atomic mass is 10.1. The van der Waals surface area contributed by atoms with Gasteiger partial charge in [0.2, 0.25) is 0 Å². The van der Waals surface area contributed by atoms with Gasteiger partial charge in [0.1, 0.15) is 16.8 Å². The van der Waals surface area contributed by atoms with E-state index in [-0.39, 0.29) is 13.2 Å². The molecule has 0 saturated carbocycles. The third kappa shape index (κ3) is 3.28. The van der Waals surface area contributed by atoms with Crippen molar-refractivity contribution in [1.82, 2.24) is 9.97 Å². The normalized spacial score (nSPS) is 11.6. The lowest BCUT2D eigenvalue weighted by Gasteiger charge is -2.27. The molecule has 1 rings (SSSR count). The second-order valence-electron chi connectivity index (χ2n) is 4.26. The summed E-state index contributed by atoms with van der Waals surface area (Å²) in [6, 6.07) is 0. The third-order valence-corrected chi connectivity index (χ3v) is 2.94. The van der Waals surface area contributed by atoms with Crippen LogP contribution in [0.3, 0.4) is 0 Å². The minimum atomic E-state index is -0.826. The van der Waals surface area contributed by atoms with Crippen LogP contribution in [0.25, 0.3) is 0 Å². The number of nitrogens with zero attached hydrogens (tertiary/aromatic N) is 2. The smallest absolute Gasteiger partial charge is 0.137 e. The van der Waals surface area contributed by atoms with E-state index in [0.717, 1.165) is 0 Å². The van der Waals surface area contributed by atoms with Crippen molar-refractivity contribution in [3.8, 4) is 0 Å². The van der Waals surface area contributed by atoms with Crippen molar-refractivity contribution in [2.75, 3.05) is 18.5 Å². The average Bonchev–Trinajstić information content (AvgIpc) is 2.34. The molecule has 3 N–H and O–H groups in total. The Morgan fingerprint density at radius 3 is 2.35 bits per heavy atom. The summed E-state index contributed by atoms with van der Waals surface area (Å²) >= 11 is 6.00. The Morgan fingerprint density at radius 1 is 1.29 bits per heavy atom. The van der Waals surface area contributed by atoms with Gasteiger partial charge in [0.15, 0.2) is 0 Å². The summed E-state index contributed by atoms with van der Waals surface area (Å²) in [4.78, 5) is 8.43. The second-order valence-corrected chi connectivity index (χ2v) is 4.62. The highest BCUT2D eigenvalue weighted by Crippen LogP contribution is 2.22. The second kappa shape index (κ2) is 5.62. The molecule has 0 amide bonds. The Balaban J connectivity index is 3.09. The maximum Gasteiger partial charge on any atom is 0.137 e. The molecule has 0 spiro atoms. The van der Waals surface area contributed by atoms with E-state index >= 15 is 0 Å². The highest BCUT2D eigenvalue weighted by Gasteiger charge is 2.24. The van der Waals surface area contributed by atoms with Crippen molar-refractivity contribution in [3.63, 3.8) is 0 Å². The van der Waals surface area contributed by atoms with Crippen LogP contribution in [0, 0.1) is 6.92 Å². The molecular weight excluding hydrogens is 242 g/mol. The van der Waals surface area contributed by atoms with Crippen LogP contribution >= 0.6 is 11.6 Å². The van der Waals surface area contributed by atoms with Gasteiger partial charge in [0, 0.05) is 12.0 Å². The first kappa shape index (κ1) is 14.2. The molecule has 0 atom stereocenters. The van der Waals surface area contributed by atoms with Crippen LogP contribution < -0.4 is 5.32 Å². The van der Waals surface area contributed by atoms with Gasteiger partial charge in [-0.3, -0.25) is 0 Å². The molecule has 6 heteroatoms. The average molecular weight is 260 g/mol. The zero-order chi connectivity index (χ0) is 13.1. The molecule has 0 fully saturated rings. The van der Waals surface area contributed by atoms with Crippen LogP contribution in [0.1, 0.15) is 25.2 Å². The summed E-state index contributed by atoms with van der Waals surface area (Å²) in [6.07, 6.45) is 0.670. The Hall–Kier alpha value is -0.910. The Labute approximate surface area is 106 Å². The fourth-order valence-corrected chi connectivity index (χ4v) is 1.41. The van der Waals surface area contributed by atoms with Crippen LogP contribution in [0.2, 0.25) is 5.15 Å². The van der Waals surface area contributed by atoms with E-state index in [9.17, 15) is 10.2 Å². The molecule has 0 bridgehead atoms. The predicted molar refractivity (Wildman–Crippen MR) is 67.4 cm³/mol. The van der Waals surface area contributed by atoms with Crippen molar-refractivity contribution in [2.45, 2.75) is 32.7 Å². The SMILES string of the molecule is CCc1nc(Cl)c(C)c(NC(C)(CO)CO)n1. The Morgan fingerprint density at radius 2 is 1.88 bits per heavy atom. The third-order valence-electron chi connectivity index (χ3n) is 2.57. The predicted octanol–water partition coefficient (Wildman–Crippen LogP) is 1.16. The zero-order valence-corrected chi connectivity index (χ0v) is 11.0. The molecule has 17 heavy (non-hydrogen) atoms. The molecule has 1 aromatic heterocycles. The molecule has 0 saturated heterocycles. The minimum Gasteiger partial charge on any atom is -0.394 e. The topological polar surface area (TPSA) is 78.3 Å². The molecule has 5 nitrogen and oxygen atoms in total. The number of hydrogen-bond donors (Lipinski definition) is 3. The van der Waals surface area contributed by atoms with Gasteiger partial charge in [0.05, 0.1) is 18.8 Å². The molecular formula is C11H18ClN3O2. The summed E-state index contributed by atoms with van der Waals surface area (Å²) in [5.74, 6) is 1.17. The van der Waals surface area contributed by atoms with Crippen LogP contribution in [0.15, 0.2) is 0 Å². The first-order valence-electron chi connectivity index (χ1n) is 5.48. The zero-order valence-electron chi connectivity index (χ0n) is 10.3. The number of aryl methyl sites for hydroxylation is 1. The lowest BCUT2D eigenvalue weighted by Crippen LogP contribution is -2.43. The van der Waals surface area contributed by atoms with Gasteiger partial charge in [0.25, 0.3) is 0 Å². The van der Waals surface area contributed by atoms with Gasteiger partial charge in [-0.1, -0.05) is 18.5 Å². The Kier molecular flexibility index (Phi) is 4.68. The van der Waals surface area contributed by atoms with Crippen molar-refractivity contribution < 1.29 is 10.2 Å². The van der Waals surface area contributed by atoms with Crippen LogP contribution in [-0.4, -0.2) is 38.9 Å². The molecule has 0 radical (unpaired) electrons. The monoisotopic (exact) mass is 259 g/mol. The highest BCUT2D eigenvalue weighted by molar-refractivity contribution is 6.30. The van der Waals surface area contributed by atoms with E-state index in [4.69, 9.17) is 11.6 Å². The van der Waals surface area contributed by atoms with E-state index in [2.05, 4.69) is 15.3 Å². The minimum absolute atomic E-state index is 0.202. The van der Waals surface area contributed by atoms with E-state index in [1.54, 1.807) is 13.8 Å². The molecule has 96 valence electrons. The summed E-state index contributed by atoms with van der Waals surface area (Å²) < 4.78 is 0. The van der Waals surface area contributed by atoms with Crippen molar-refractivity contribution in [3.05, 3.63) is 16.5 Å². The standard InChI is InChI=1S/C11H18ClN3O2/c1-4-8-13-9(12)7(2)10(14-8)15-11(3,5-16)6-17/h16-17H,4-6H2,1-3H3,(H,13,14,15). The lowest BCUT2D eigenvalue weighted by molar-refractivity contribution is 0.147.